The normalized spacial score (nSPS) is 15.2. The van der Waals surface area contributed by atoms with Gasteiger partial charge < -0.3 is 10.2 Å². The molecule has 2 heterocycles. The van der Waals surface area contributed by atoms with Crippen LogP contribution in [0.1, 0.15) is 51.3 Å². The Labute approximate surface area is 120 Å². The standard InChI is InChI=1S/C15H24N4O/c1-2-3-7-15(20)17-12-13-16-9-8-14(18-13)19-10-5-4-6-11-19/h8-9H,2-7,10-12H2,1H3,(H,17,20). The molecule has 1 amide bonds. The average molecular weight is 276 g/mol. The van der Waals surface area contributed by atoms with E-state index in [1.807, 2.05) is 6.07 Å². The van der Waals surface area contributed by atoms with Crippen molar-refractivity contribution in [3.63, 3.8) is 0 Å². The zero-order valence-corrected chi connectivity index (χ0v) is 12.3. The molecule has 5 nitrogen and oxygen atoms in total. The molecule has 2 rings (SSSR count). The fourth-order valence-corrected chi connectivity index (χ4v) is 2.38. The first kappa shape index (κ1) is 14.8. The van der Waals surface area contributed by atoms with Crippen LogP contribution in [0.5, 0.6) is 0 Å². The summed E-state index contributed by atoms with van der Waals surface area (Å²) in [5, 5.41) is 2.88. The van der Waals surface area contributed by atoms with E-state index >= 15 is 0 Å². The summed E-state index contributed by atoms with van der Waals surface area (Å²) < 4.78 is 0. The van der Waals surface area contributed by atoms with Gasteiger partial charge >= 0.3 is 0 Å². The van der Waals surface area contributed by atoms with Gasteiger partial charge in [0.25, 0.3) is 0 Å². The van der Waals surface area contributed by atoms with E-state index in [0.717, 1.165) is 31.7 Å². The topological polar surface area (TPSA) is 58.1 Å². The molecule has 0 radical (unpaired) electrons. The van der Waals surface area contributed by atoms with Crippen LogP contribution in [0.3, 0.4) is 0 Å². The van der Waals surface area contributed by atoms with Crippen molar-refractivity contribution in [2.24, 2.45) is 0 Å². The first-order chi connectivity index (χ1) is 9.79. The van der Waals surface area contributed by atoms with E-state index in [-0.39, 0.29) is 5.91 Å². The van der Waals surface area contributed by atoms with Gasteiger partial charge in [0.2, 0.25) is 5.91 Å². The summed E-state index contributed by atoms with van der Waals surface area (Å²) in [6.07, 6.45) is 8.10. The molecule has 1 aromatic rings. The second kappa shape index (κ2) is 7.82. The van der Waals surface area contributed by atoms with Gasteiger partial charge in [0.15, 0.2) is 0 Å². The minimum Gasteiger partial charge on any atom is -0.357 e. The Hall–Kier alpha value is -1.65. The van der Waals surface area contributed by atoms with Crippen LogP contribution in [0.15, 0.2) is 12.3 Å². The van der Waals surface area contributed by atoms with E-state index in [0.29, 0.717) is 18.8 Å². The summed E-state index contributed by atoms with van der Waals surface area (Å²) in [6, 6.07) is 1.95. The SMILES string of the molecule is CCCCC(=O)NCc1nccc(N2CCCCC2)n1. The van der Waals surface area contributed by atoms with Crippen molar-refractivity contribution < 1.29 is 4.79 Å². The van der Waals surface area contributed by atoms with Crippen molar-refractivity contribution in [1.29, 1.82) is 0 Å². The maximum atomic E-state index is 11.6. The smallest absolute Gasteiger partial charge is 0.220 e. The molecule has 0 bridgehead atoms. The number of hydrogen-bond acceptors (Lipinski definition) is 4. The number of piperidine rings is 1. The highest BCUT2D eigenvalue weighted by molar-refractivity contribution is 5.75. The fraction of sp³-hybridized carbons (Fsp3) is 0.667. The van der Waals surface area contributed by atoms with Gasteiger partial charge in [0.05, 0.1) is 6.54 Å². The number of nitrogens with zero attached hydrogens (tertiary/aromatic N) is 3. The van der Waals surface area contributed by atoms with E-state index in [1.165, 1.54) is 19.3 Å². The van der Waals surface area contributed by atoms with Crippen molar-refractivity contribution >= 4 is 11.7 Å². The van der Waals surface area contributed by atoms with Gasteiger partial charge in [0, 0.05) is 25.7 Å². The first-order valence-electron chi connectivity index (χ1n) is 7.63. The third kappa shape index (κ3) is 4.47. The number of carbonyl (C=O) groups is 1. The molecule has 0 atom stereocenters. The molecule has 110 valence electrons. The van der Waals surface area contributed by atoms with E-state index in [1.54, 1.807) is 6.20 Å². The summed E-state index contributed by atoms with van der Waals surface area (Å²) >= 11 is 0. The number of carbonyl (C=O) groups excluding carboxylic acids is 1. The lowest BCUT2D eigenvalue weighted by Crippen LogP contribution is -2.31. The quantitative estimate of drug-likeness (QED) is 0.866. The maximum Gasteiger partial charge on any atom is 0.220 e. The Balaban J connectivity index is 1.87. The van der Waals surface area contributed by atoms with Gasteiger partial charge in [-0.2, -0.15) is 0 Å². The summed E-state index contributed by atoms with van der Waals surface area (Å²) in [4.78, 5) is 22.7. The van der Waals surface area contributed by atoms with Crippen LogP contribution in [0.25, 0.3) is 0 Å². The number of aromatic nitrogens is 2. The molecular formula is C15H24N4O. The second-order valence-corrected chi connectivity index (χ2v) is 5.26. The lowest BCUT2D eigenvalue weighted by molar-refractivity contribution is -0.121. The van der Waals surface area contributed by atoms with Crippen molar-refractivity contribution in [2.45, 2.75) is 52.0 Å². The average Bonchev–Trinajstić information content (AvgIpc) is 2.52. The van der Waals surface area contributed by atoms with Crippen LogP contribution in [-0.4, -0.2) is 29.0 Å². The predicted octanol–water partition coefficient (Wildman–Crippen LogP) is 2.27. The third-order valence-electron chi connectivity index (χ3n) is 3.57. The lowest BCUT2D eigenvalue weighted by Gasteiger charge is -2.27. The molecule has 1 aliphatic rings. The van der Waals surface area contributed by atoms with E-state index in [4.69, 9.17) is 0 Å². The Morgan fingerprint density at radius 1 is 1.35 bits per heavy atom. The number of nitrogens with one attached hydrogen (secondary N) is 1. The Kier molecular flexibility index (Phi) is 5.77. The van der Waals surface area contributed by atoms with E-state index in [2.05, 4.69) is 27.1 Å². The van der Waals surface area contributed by atoms with Gasteiger partial charge in [0.1, 0.15) is 11.6 Å². The summed E-state index contributed by atoms with van der Waals surface area (Å²) in [5.74, 6) is 1.76. The van der Waals surface area contributed by atoms with Gasteiger partial charge in [-0.25, -0.2) is 9.97 Å². The van der Waals surface area contributed by atoms with Crippen molar-refractivity contribution in [1.82, 2.24) is 15.3 Å². The lowest BCUT2D eigenvalue weighted by atomic mass is 10.1. The molecule has 1 fully saturated rings. The van der Waals surface area contributed by atoms with E-state index < -0.39 is 0 Å². The number of anilines is 1. The molecular weight excluding hydrogens is 252 g/mol. The Morgan fingerprint density at radius 3 is 2.90 bits per heavy atom. The highest BCUT2D eigenvalue weighted by Gasteiger charge is 2.12. The van der Waals surface area contributed by atoms with Crippen molar-refractivity contribution in [2.75, 3.05) is 18.0 Å². The van der Waals surface area contributed by atoms with Crippen LogP contribution in [0, 0.1) is 0 Å². The minimum absolute atomic E-state index is 0.0822. The molecule has 0 aliphatic carbocycles. The molecule has 5 heteroatoms. The summed E-state index contributed by atoms with van der Waals surface area (Å²) in [6.45, 7) is 4.64. The van der Waals surface area contributed by atoms with Crippen LogP contribution >= 0.6 is 0 Å². The fourth-order valence-electron chi connectivity index (χ4n) is 2.38. The second-order valence-electron chi connectivity index (χ2n) is 5.26. The molecule has 1 aromatic heterocycles. The van der Waals surface area contributed by atoms with Gasteiger partial charge in [-0.15, -0.1) is 0 Å². The maximum absolute atomic E-state index is 11.6. The zero-order chi connectivity index (χ0) is 14.2. The molecule has 0 unspecified atom stereocenters. The van der Waals surface area contributed by atoms with Crippen molar-refractivity contribution in [3.05, 3.63) is 18.1 Å². The van der Waals surface area contributed by atoms with E-state index in [9.17, 15) is 4.79 Å². The predicted molar refractivity (Wildman–Crippen MR) is 79.5 cm³/mol. The molecule has 0 aromatic carbocycles. The molecule has 1 saturated heterocycles. The van der Waals surface area contributed by atoms with Crippen LogP contribution in [0.2, 0.25) is 0 Å². The van der Waals surface area contributed by atoms with Crippen LogP contribution < -0.4 is 10.2 Å². The Morgan fingerprint density at radius 2 is 2.15 bits per heavy atom. The van der Waals surface area contributed by atoms with Crippen LogP contribution in [0.4, 0.5) is 5.82 Å². The highest BCUT2D eigenvalue weighted by atomic mass is 16.1. The molecule has 0 saturated carbocycles. The van der Waals surface area contributed by atoms with Crippen molar-refractivity contribution in [3.8, 4) is 0 Å². The first-order valence-corrected chi connectivity index (χ1v) is 7.63. The molecule has 0 spiro atoms. The highest BCUT2D eigenvalue weighted by Crippen LogP contribution is 2.16. The summed E-state index contributed by atoms with van der Waals surface area (Å²) in [5.41, 5.74) is 0. The zero-order valence-electron chi connectivity index (χ0n) is 12.3. The van der Waals surface area contributed by atoms with Gasteiger partial charge in [-0.1, -0.05) is 13.3 Å². The van der Waals surface area contributed by atoms with Gasteiger partial charge in [-0.3, -0.25) is 4.79 Å². The molecule has 1 N–H and O–H groups in total. The number of hydrogen-bond donors (Lipinski definition) is 1. The number of amides is 1. The summed E-state index contributed by atoms with van der Waals surface area (Å²) in [7, 11) is 0. The molecule has 1 aliphatic heterocycles. The molecule has 20 heavy (non-hydrogen) atoms. The third-order valence-corrected chi connectivity index (χ3v) is 3.57. The van der Waals surface area contributed by atoms with Crippen LogP contribution in [-0.2, 0) is 11.3 Å². The number of unbranched alkanes of at least 4 members (excludes halogenated alkanes) is 1. The largest absolute Gasteiger partial charge is 0.357 e. The minimum atomic E-state index is 0.0822. The van der Waals surface area contributed by atoms with Gasteiger partial charge in [-0.05, 0) is 31.7 Å². The monoisotopic (exact) mass is 276 g/mol. The Bertz CT molecular complexity index is 430. The number of rotatable bonds is 6.